The largest absolute Gasteiger partial charge is 0.379 e. The van der Waals surface area contributed by atoms with E-state index in [0.29, 0.717) is 19.7 Å². The van der Waals surface area contributed by atoms with Crippen LogP contribution in [0, 0.1) is 0 Å². The predicted molar refractivity (Wildman–Crippen MR) is 97.8 cm³/mol. The molecule has 0 bridgehead atoms. The van der Waals surface area contributed by atoms with E-state index in [1.165, 1.54) is 0 Å². The normalized spacial score (nSPS) is 13.0. The van der Waals surface area contributed by atoms with E-state index in [1.54, 1.807) is 7.11 Å². The Balaban J connectivity index is 3.80. The summed E-state index contributed by atoms with van der Waals surface area (Å²) in [6.45, 7) is 15.2. The van der Waals surface area contributed by atoms with Crippen molar-refractivity contribution in [1.29, 1.82) is 0 Å². The Bertz CT molecular complexity index is 280. The lowest BCUT2D eigenvalue weighted by Crippen LogP contribution is -2.39. The fourth-order valence-electron chi connectivity index (χ4n) is 2.20. The van der Waals surface area contributed by atoms with Crippen LogP contribution in [0.4, 0.5) is 0 Å². The Hall–Kier alpha value is -0.240. The molecule has 6 heteroatoms. The van der Waals surface area contributed by atoms with E-state index in [0.717, 1.165) is 45.6 Å². The average molecular weight is 333 g/mol. The highest BCUT2D eigenvalue weighted by Gasteiger charge is 2.21. The first-order chi connectivity index (χ1) is 10.8. The third-order valence-electron chi connectivity index (χ3n) is 4.15. The van der Waals surface area contributed by atoms with Crippen molar-refractivity contribution in [1.82, 2.24) is 10.2 Å². The monoisotopic (exact) mass is 332 g/mol. The van der Waals surface area contributed by atoms with E-state index in [9.17, 15) is 0 Å². The molecule has 5 N–H and O–H groups in total. The van der Waals surface area contributed by atoms with Gasteiger partial charge in [-0.15, -0.1) is 0 Å². The minimum absolute atomic E-state index is 0.120. The van der Waals surface area contributed by atoms with Crippen LogP contribution in [0.25, 0.3) is 0 Å². The fourth-order valence-corrected chi connectivity index (χ4v) is 2.20. The van der Waals surface area contributed by atoms with Crippen LogP contribution in [-0.4, -0.2) is 75.6 Å². The first-order valence-corrected chi connectivity index (χ1v) is 8.78. The van der Waals surface area contributed by atoms with Crippen LogP contribution >= 0.6 is 0 Å². The van der Waals surface area contributed by atoms with Gasteiger partial charge in [-0.05, 0) is 47.1 Å². The lowest BCUT2D eigenvalue weighted by atomic mass is 10.0. The van der Waals surface area contributed by atoms with E-state index in [4.69, 9.17) is 20.9 Å². The molecule has 0 aromatic heterocycles. The van der Waals surface area contributed by atoms with Crippen molar-refractivity contribution >= 4 is 0 Å². The first-order valence-electron chi connectivity index (χ1n) is 8.78. The number of nitrogens with two attached hydrogens (primary N) is 2. The quantitative estimate of drug-likeness (QED) is 0.385. The van der Waals surface area contributed by atoms with Gasteiger partial charge < -0.3 is 26.3 Å². The van der Waals surface area contributed by atoms with Gasteiger partial charge in [0, 0.05) is 46.4 Å². The number of nitrogens with one attached hydrogen (secondary N) is 1. The highest BCUT2D eigenvalue weighted by molar-refractivity contribution is 4.73. The maximum Gasteiger partial charge on any atom is 0.0644 e. The molecule has 0 saturated heterocycles. The second kappa shape index (κ2) is 12.2. The van der Waals surface area contributed by atoms with Crippen molar-refractivity contribution in [2.75, 3.05) is 59.5 Å². The van der Waals surface area contributed by atoms with Gasteiger partial charge in [0.05, 0.1) is 17.8 Å². The van der Waals surface area contributed by atoms with Crippen molar-refractivity contribution in [3.05, 3.63) is 0 Å². The average Bonchev–Trinajstić information content (AvgIpc) is 2.46. The molecular weight excluding hydrogens is 292 g/mol. The fraction of sp³-hybridized carbons (Fsp3) is 1.00. The van der Waals surface area contributed by atoms with Gasteiger partial charge >= 0.3 is 0 Å². The zero-order valence-corrected chi connectivity index (χ0v) is 16.0. The van der Waals surface area contributed by atoms with E-state index in [-0.39, 0.29) is 11.2 Å². The number of ether oxygens (including phenoxy) is 2. The van der Waals surface area contributed by atoms with Crippen LogP contribution in [-0.2, 0) is 9.47 Å². The third-order valence-corrected chi connectivity index (χ3v) is 4.15. The molecule has 0 aliphatic heterocycles. The molecule has 0 aliphatic rings. The lowest BCUT2D eigenvalue weighted by molar-refractivity contribution is -0.0607. The van der Waals surface area contributed by atoms with Gasteiger partial charge in [-0.3, -0.25) is 4.90 Å². The first kappa shape index (κ1) is 22.8. The van der Waals surface area contributed by atoms with Crippen LogP contribution in [0.1, 0.15) is 40.5 Å². The van der Waals surface area contributed by atoms with Crippen molar-refractivity contribution in [3.8, 4) is 0 Å². The second-order valence-corrected chi connectivity index (χ2v) is 7.24. The Morgan fingerprint density at radius 3 is 2.00 bits per heavy atom. The van der Waals surface area contributed by atoms with Gasteiger partial charge in [0.2, 0.25) is 0 Å². The minimum Gasteiger partial charge on any atom is -0.379 e. The molecule has 23 heavy (non-hydrogen) atoms. The Kier molecular flexibility index (Phi) is 12.0. The molecule has 0 aromatic carbocycles. The number of hydrogen-bond donors (Lipinski definition) is 3. The van der Waals surface area contributed by atoms with Crippen LogP contribution < -0.4 is 16.8 Å². The van der Waals surface area contributed by atoms with Crippen molar-refractivity contribution in [2.24, 2.45) is 11.5 Å². The summed E-state index contributed by atoms with van der Waals surface area (Å²) in [5.74, 6) is 0. The maximum absolute atomic E-state index is 6.01. The van der Waals surface area contributed by atoms with Gasteiger partial charge in [0.1, 0.15) is 0 Å². The zero-order chi connectivity index (χ0) is 17.8. The van der Waals surface area contributed by atoms with E-state index >= 15 is 0 Å². The van der Waals surface area contributed by atoms with Crippen molar-refractivity contribution < 1.29 is 9.47 Å². The Morgan fingerprint density at radius 2 is 1.48 bits per heavy atom. The molecule has 0 radical (unpaired) electrons. The van der Waals surface area contributed by atoms with Gasteiger partial charge in [0.15, 0.2) is 0 Å². The molecule has 0 fully saturated rings. The molecule has 6 nitrogen and oxygen atoms in total. The predicted octanol–water partition coefficient (Wildman–Crippen LogP) is 0.796. The molecule has 0 saturated carbocycles. The summed E-state index contributed by atoms with van der Waals surface area (Å²) in [5, 5.41) is 3.48. The van der Waals surface area contributed by atoms with Gasteiger partial charge in [-0.2, -0.15) is 0 Å². The summed E-state index contributed by atoms with van der Waals surface area (Å²) in [7, 11) is 1.74. The molecule has 0 aromatic rings. The second-order valence-electron chi connectivity index (χ2n) is 7.24. The topological polar surface area (TPSA) is 85.8 Å². The van der Waals surface area contributed by atoms with Crippen molar-refractivity contribution in [2.45, 2.75) is 51.7 Å². The van der Waals surface area contributed by atoms with Crippen molar-refractivity contribution in [3.63, 3.8) is 0 Å². The smallest absolute Gasteiger partial charge is 0.0644 e. The molecule has 0 atom stereocenters. The molecule has 0 rings (SSSR count). The van der Waals surface area contributed by atoms with Crippen LogP contribution in [0.3, 0.4) is 0 Å². The SMILES string of the molecule is COC(C)(C)CCOC(C)(C)CCNCCN(CCN)CCN. The summed E-state index contributed by atoms with van der Waals surface area (Å²) in [6.07, 6.45) is 1.88. The summed E-state index contributed by atoms with van der Waals surface area (Å²) >= 11 is 0. The molecule has 0 amide bonds. The minimum atomic E-state index is -0.121. The highest BCUT2D eigenvalue weighted by atomic mass is 16.5. The lowest BCUT2D eigenvalue weighted by Gasteiger charge is -2.29. The van der Waals surface area contributed by atoms with E-state index in [2.05, 4.69) is 37.9 Å². The molecule has 0 spiro atoms. The van der Waals surface area contributed by atoms with Gasteiger partial charge in [-0.1, -0.05) is 0 Å². The van der Waals surface area contributed by atoms with Crippen LogP contribution in [0.5, 0.6) is 0 Å². The van der Waals surface area contributed by atoms with Crippen LogP contribution in [0.15, 0.2) is 0 Å². The van der Waals surface area contributed by atoms with Gasteiger partial charge in [0.25, 0.3) is 0 Å². The summed E-state index contributed by atoms with van der Waals surface area (Å²) in [4.78, 5) is 2.29. The molecule has 0 aliphatic carbocycles. The van der Waals surface area contributed by atoms with Crippen LogP contribution in [0.2, 0.25) is 0 Å². The summed E-state index contributed by atoms with van der Waals surface area (Å²) in [6, 6.07) is 0. The highest BCUT2D eigenvalue weighted by Crippen LogP contribution is 2.18. The molecule has 0 heterocycles. The number of hydrogen-bond acceptors (Lipinski definition) is 6. The van der Waals surface area contributed by atoms with E-state index < -0.39 is 0 Å². The zero-order valence-electron chi connectivity index (χ0n) is 16.0. The summed E-state index contributed by atoms with van der Waals surface area (Å²) < 4.78 is 11.4. The Morgan fingerprint density at radius 1 is 0.870 bits per heavy atom. The standard InChI is InChI=1S/C17H40N4O2/c1-16(2,22-5)7-15-23-17(3,4)6-10-20-11-14-21(12-8-18)13-9-19/h20H,6-15,18-19H2,1-5H3. The Labute approximate surface area is 143 Å². The van der Waals surface area contributed by atoms with Gasteiger partial charge in [-0.25, -0.2) is 0 Å². The molecule has 0 unspecified atom stereocenters. The maximum atomic E-state index is 6.01. The van der Waals surface area contributed by atoms with E-state index in [1.807, 2.05) is 0 Å². The summed E-state index contributed by atoms with van der Waals surface area (Å²) in [5.41, 5.74) is 11.0. The number of rotatable bonds is 15. The molecule has 140 valence electrons. The third kappa shape index (κ3) is 12.8. The number of nitrogens with zero attached hydrogens (tertiary/aromatic N) is 1. The molecular formula is C17H40N4O2. The number of methoxy groups -OCH3 is 1.